The number of hydrogen-bond acceptors (Lipinski definition) is 10. The molecule has 4 atom stereocenters. The number of fused-ring (bicyclic) bond motifs is 1. The van der Waals surface area contributed by atoms with E-state index in [9.17, 15) is 29.1 Å². The minimum absolute atomic E-state index is 0.0449. The van der Waals surface area contributed by atoms with Gasteiger partial charge in [-0.25, -0.2) is 9.48 Å². The summed E-state index contributed by atoms with van der Waals surface area (Å²) in [6.07, 6.45) is 2.28. The van der Waals surface area contributed by atoms with E-state index in [-0.39, 0.29) is 23.1 Å². The predicted molar refractivity (Wildman–Crippen MR) is 172 cm³/mol. The predicted octanol–water partition coefficient (Wildman–Crippen LogP) is 1.64. The van der Waals surface area contributed by atoms with Gasteiger partial charge in [0.25, 0.3) is 11.8 Å². The fourth-order valence-corrected chi connectivity index (χ4v) is 8.59. The molecule has 4 unspecified atom stereocenters. The van der Waals surface area contributed by atoms with E-state index in [4.69, 9.17) is 0 Å². The molecule has 7 rings (SSSR count). The molecule has 0 saturated carbocycles. The van der Waals surface area contributed by atoms with Crippen molar-refractivity contribution in [2.24, 2.45) is 7.05 Å². The topological polar surface area (TPSA) is 181 Å². The first kappa shape index (κ1) is 30.7. The van der Waals surface area contributed by atoms with Crippen molar-refractivity contribution in [2.45, 2.75) is 42.0 Å². The Kier molecular flexibility index (Phi) is 7.83. The van der Waals surface area contributed by atoms with Crippen molar-refractivity contribution in [3.05, 3.63) is 92.9 Å². The van der Waals surface area contributed by atoms with Gasteiger partial charge in [-0.15, -0.1) is 16.9 Å². The van der Waals surface area contributed by atoms with Gasteiger partial charge in [-0.05, 0) is 46.5 Å². The molecule has 16 heteroatoms. The third kappa shape index (κ3) is 5.26. The van der Waals surface area contributed by atoms with Crippen LogP contribution in [0.15, 0.2) is 75.9 Å². The largest absolute Gasteiger partial charge is 0.477 e. The van der Waals surface area contributed by atoms with E-state index < -0.39 is 46.6 Å². The van der Waals surface area contributed by atoms with Crippen molar-refractivity contribution in [3.8, 4) is 0 Å². The summed E-state index contributed by atoms with van der Waals surface area (Å²) < 4.78 is 3.39. The zero-order valence-corrected chi connectivity index (χ0v) is 26.7. The van der Waals surface area contributed by atoms with Gasteiger partial charge in [-0.1, -0.05) is 54.2 Å². The maximum atomic E-state index is 13.8. The van der Waals surface area contributed by atoms with E-state index in [1.807, 2.05) is 17.6 Å². The van der Waals surface area contributed by atoms with Crippen LogP contribution < -0.4 is 16.1 Å². The lowest BCUT2D eigenvalue weighted by Gasteiger charge is -2.49. The number of nitrogens with one attached hydrogen (secondary N) is 2. The summed E-state index contributed by atoms with van der Waals surface area (Å²) in [7, 11) is 1.67. The molecule has 4 aromatic rings. The van der Waals surface area contributed by atoms with Crippen LogP contribution in [0.3, 0.4) is 0 Å². The van der Waals surface area contributed by atoms with Gasteiger partial charge < -0.3 is 20.3 Å². The number of amides is 3. The molecule has 3 amide bonds. The van der Waals surface area contributed by atoms with Crippen LogP contribution in [0.5, 0.6) is 0 Å². The highest BCUT2D eigenvalue weighted by Gasteiger charge is 2.54. The van der Waals surface area contributed by atoms with E-state index in [1.54, 1.807) is 55.7 Å². The number of nitrogens with zero attached hydrogens (tertiary/aromatic N) is 6. The van der Waals surface area contributed by atoms with Gasteiger partial charge in [-0.2, -0.15) is 0 Å². The highest BCUT2D eigenvalue weighted by molar-refractivity contribution is 8.01. The lowest BCUT2D eigenvalue weighted by molar-refractivity contribution is -0.151. The van der Waals surface area contributed by atoms with Crippen LogP contribution in [0.1, 0.15) is 40.5 Å². The summed E-state index contributed by atoms with van der Waals surface area (Å²) in [5, 5.41) is 27.0. The second-order valence-electron chi connectivity index (χ2n) is 11.5. The van der Waals surface area contributed by atoms with Crippen molar-refractivity contribution in [3.63, 3.8) is 0 Å². The number of thioether (sulfide) groups is 2. The first-order valence-corrected chi connectivity index (χ1v) is 16.8. The number of aromatic nitrogens is 5. The molecule has 2 aromatic heterocycles. The fraction of sp³-hybridized carbons (Fsp3) is 0.290. The molecule has 2 aromatic carbocycles. The molecule has 47 heavy (non-hydrogen) atoms. The van der Waals surface area contributed by atoms with Crippen LogP contribution in [0.2, 0.25) is 0 Å². The molecule has 3 aliphatic rings. The maximum absolute atomic E-state index is 13.8. The molecule has 5 heterocycles. The number of para-hydroxylation sites is 1. The van der Waals surface area contributed by atoms with Gasteiger partial charge in [-0.3, -0.25) is 24.1 Å². The zero-order chi connectivity index (χ0) is 33.0. The quantitative estimate of drug-likeness (QED) is 0.174. The van der Waals surface area contributed by atoms with Crippen molar-refractivity contribution in [1.82, 2.24) is 40.3 Å². The Hall–Kier alpha value is -4.96. The Morgan fingerprint density at radius 3 is 2.64 bits per heavy atom. The molecule has 3 N–H and O–H groups in total. The molecule has 14 nitrogen and oxygen atoms in total. The second kappa shape index (κ2) is 12.0. The number of benzene rings is 2. The van der Waals surface area contributed by atoms with Gasteiger partial charge in [0.1, 0.15) is 28.7 Å². The molecular formula is C31H28N8O6S2. The summed E-state index contributed by atoms with van der Waals surface area (Å²) in [5.74, 6) is -2.64. The Morgan fingerprint density at radius 1 is 1.13 bits per heavy atom. The number of β-lactam (4-membered cyclic amide) rings is 1. The maximum Gasteiger partial charge on any atom is 0.352 e. The van der Waals surface area contributed by atoms with E-state index in [1.165, 1.54) is 33.1 Å². The molecule has 0 spiro atoms. The van der Waals surface area contributed by atoms with Crippen molar-refractivity contribution in [2.75, 3.05) is 11.5 Å². The average molecular weight is 673 g/mol. The van der Waals surface area contributed by atoms with Crippen LogP contribution in [-0.2, 0) is 27.9 Å². The summed E-state index contributed by atoms with van der Waals surface area (Å²) >= 11 is 2.59. The zero-order valence-electron chi connectivity index (χ0n) is 25.1. The summed E-state index contributed by atoms with van der Waals surface area (Å²) in [5.41, 5.74) is 2.17. The number of rotatable bonds is 9. The van der Waals surface area contributed by atoms with Crippen LogP contribution in [-0.4, -0.2) is 81.4 Å². The monoisotopic (exact) mass is 672 g/mol. The van der Waals surface area contributed by atoms with Crippen molar-refractivity contribution < 1.29 is 24.3 Å². The number of carbonyl (C=O) groups is 4. The van der Waals surface area contributed by atoms with Crippen LogP contribution in [0.4, 0.5) is 0 Å². The number of aliphatic carboxylic acids is 1. The van der Waals surface area contributed by atoms with E-state index in [0.29, 0.717) is 27.4 Å². The van der Waals surface area contributed by atoms with Gasteiger partial charge in [0.05, 0.1) is 5.52 Å². The highest BCUT2D eigenvalue weighted by atomic mass is 32.2. The summed E-state index contributed by atoms with van der Waals surface area (Å²) in [6, 6.07) is 11.8. The Morgan fingerprint density at radius 2 is 1.91 bits per heavy atom. The van der Waals surface area contributed by atoms with Gasteiger partial charge >= 0.3 is 5.97 Å². The molecule has 0 radical (unpaired) electrons. The smallest absolute Gasteiger partial charge is 0.352 e. The van der Waals surface area contributed by atoms with E-state index in [2.05, 4.69) is 26.2 Å². The second-order valence-corrected chi connectivity index (χ2v) is 13.5. The molecule has 0 bridgehead atoms. The number of carboxylic acid groups (broad SMARTS) is 1. The van der Waals surface area contributed by atoms with Gasteiger partial charge in [0.2, 0.25) is 16.5 Å². The Labute approximate surface area is 275 Å². The number of carboxylic acids is 1. The van der Waals surface area contributed by atoms with Crippen LogP contribution in [0, 0.1) is 0 Å². The first-order chi connectivity index (χ1) is 22.6. The SMILES string of the molecule is CC1Cc2cccc3c(=O)c(C(=O)NC(C(=O)NC4C(=O)N5C(C(=O)O)=C(CSc6nnnn6C)CSC45)c4ccccc4)cn1c23. The lowest BCUT2D eigenvalue weighted by Crippen LogP contribution is -2.71. The van der Waals surface area contributed by atoms with Crippen LogP contribution >= 0.6 is 23.5 Å². The van der Waals surface area contributed by atoms with Crippen molar-refractivity contribution >= 4 is 58.1 Å². The summed E-state index contributed by atoms with van der Waals surface area (Å²) in [6.45, 7) is 2.01. The fourth-order valence-electron chi connectivity index (χ4n) is 6.26. The molecular weight excluding hydrogens is 645 g/mol. The number of tetrazole rings is 1. The van der Waals surface area contributed by atoms with E-state index in [0.717, 1.165) is 17.5 Å². The highest BCUT2D eigenvalue weighted by Crippen LogP contribution is 2.41. The van der Waals surface area contributed by atoms with E-state index >= 15 is 0 Å². The van der Waals surface area contributed by atoms with Crippen molar-refractivity contribution in [1.29, 1.82) is 0 Å². The molecule has 1 fully saturated rings. The molecule has 0 aliphatic carbocycles. The standard InChI is InChI=1S/C31H28N8O6S2/c1-15-11-17-9-6-10-19-23(17)38(15)12-20(25(19)40)26(41)32-21(16-7-4-3-5-8-16)27(42)33-22-28(43)39-24(30(44)45)18(13-46-29(22)39)14-47-31-34-35-36-37(31)2/h3-10,12,15,21-22,29H,11,13-14H2,1-2H3,(H,32,41)(H,33,42)(H,44,45). The number of hydrogen-bond donors (Lipinski definition) is 3. The average Bonchev–Trinajstić information content (AvgIpc) is 3.63. The minimum Gasteiger partial charge on any atom is -0.477 e. The van der Waals surface area contributed by atoms with Gasteiger partial charge in [0, 0.05) is 36.2 Å². The van der Waals surface area contributed by atoms with Gasteiger partial charge in [0.15, 0.2) is 0 Å². The Balaban J connectivity index is 1.12. The normalized spacial score (nSPS) is 20.5. The van der Waals surface area contributed by atoms with Crippen LogP contribution in [0.25, 0.3) is 10.9 Å². The first-order valence-electron chi connectivity index (χ1n) is 14.7. The number of carbonyl (C=O) groups excluding carboxylic acids is 3. The third-order valence-corrected chi connectivity index (χ3v) is 11.0. The third-order valence-electron chi connectivity index (χ3n) is 8.54. The Bertz CT molecular complexity index is 2060. The lowest BCUT2D eigenvalue weighted by atomic mass is 10.0. The molecule has 240 valence electrons. The summed E-state index contributed by atoms with van der Waals surface area (Å²) in [4.78, 5) is 67.9. The minimum atomic E-state index is -1.25. The number of aryl methyl sites for hydroxylation is 1. The molecule has 1 saturated heterocycles. The number of pyridine rings is 1. The molecule has 3 aliphatic heterocycles.